The van der Waals surface area contributed by atoms with Gasteiger partial charge in [-0.05, 0) is 57.0 Å². The Bertz CT molecular complexity index is 384. The van der Waals surface area contributed by atoms with Crippen molar-refractivity contribution < 1.29 is 4.74 Å². The van der Waals surface area contributed by atoms with Gasteiger partial charge in [0.25, 0.3) is 0 Å². The average molecular weight is 262 g/mol. The number of hydrogen-bond acceptors (Lipinski definition) is 3. The molecule has 1 unspecified atom stereocenters. The van der Waals surface area contributed by atoms with Crippen LogP contribution in [0.2, 0.25) is 0 Å². The van der Waals surface area contributed by atoms with Crippen molar-refractivity contribution in [2.75, 3.05) is 26.7 Å². The van der Waals surface area contributed by atoms with E-state index in [9.17, 15) is 0 Å². The third-order valence-electron chi connectivity index (χ3n) is 4.30. The van der Waals surface area contributed by atoms with Gasteiger partial charge in [0.2, 0.25) is 0 Å². The van der Waals surface area contributed by atoms with Gasteiger partial charge in [-0.15, -0.1) is 0 Å². The Labute approximate surface area is 116 Å². The Balaban J connectivity index is 2.07. The zero-order chi connectivity index (χ0) is 13.7. The van der Waals surface area contributed by atoms with Crippen LogP contribution in [0.3, 0.4) is 0 Å². The normalized spacial score (nSPS) is 19.9. The summed E-state index contributed by atoms with van der Waals surface area (Å²) in [7, 11) is 1.70. The molecule has 19 heavy (non-hydrogen) atoms. The lowest BCUT2D eigenvalue weighted by Crippen LogP contribution is -2.54. The molecule has 1 aromatic rings. The molecule has 0 radical (unpaired) electrons. The molecule has 3 heteroatoms. The van der Waals surface area contributed by atoms with Gasteiger partial charge in [-0.3, -0.25) is 4.90 Å². The van der Waals surface area contributed by atoms with E-state index in [-0.39, 0.29) is 5.54 Å². The van der Waals surface area contributed by atoms with E-state index >= 15 is 0 Å². The lowest BCUT2D eigenvalue weighted by atomic mass is 9.89. The molecule has 2 N–H and O–H groups in total. The van der Waals surface area contributed by atoms with Crippen molar-refractivity contribution in [3.8, 4) is 5.75 Å². The van der Waals surface area contributed by atoms with Crippen LogP contribution in [0.25, 0.3) is 0 Å². The zero-order valence-electron chi connectivity index (χ0n) is 12.2. The Morgan fingerprint density at radius 3 is 2.32 bits per heavy atom. The Morgan fingerprint density at radius 2 is 1.79 bits per heavy atom. The summed E-state index contributed by atoms with van der Waals surface area (Å²) in [5.74, 6) is 0.913. The fraction of sp³-hybridized carbons (Fsp3) is 0.625. The molecule has 0 amide bonds. The molecule has 0 aliphatic carbocycles. The highest BCUT2D eigenvalue weighted by molar-refractivity contribution is 5.28. The molecule has 1 aliphatic rings. The minimum Gasteiger partial charge on any atom is -0.497 e. The summed E-state index contributed by atoms with van der Waals surface area (Å²) in [5.41, 5.74) is 7.49. The summed E-state index contributed by atoms with van der Waals surface area (Å²) in [5, 5.41) is 0. The number of nitrogens with zero attached hydrogens (tertiary/aromatic N) is 1. The first kappa shape index (κ1) is 14.4. The first-order valence-electron chi connectivity index (χ1n) is 7.26. The van der Waals surface area contributed by atoms with Gasteiger partial charge in [0.15, 0.2) is 0 Å². The number of rotatable bonds is 5. The first-order chi connectivity index (χ1) is 9.18. The van der Waals surface area contributed by atoms with Crippen molar-refractivity contribution in [3.05, 3.63) is 29.8 Å². The third kappa shape index (κ3) is 3.48. The van der Waals surface area contributed by atoms with E-state index in [4.69, 9.17) is 10.5 Å². The van der Waals surface area contributed by atoms with Gasteiger partial charge in [-0.25, -0.2) is 0 Å². The summed E-state index contributed by atoms with van der Waals surface area (Å²) in [4.78, 5) is 2.57. The smallest absolute Gasteiger partial charge is 0.118 e. The minimum atomic E-state index is 0.0784. The van der Waals surface area contributed by atoms with Crippen molar-refractivity contribution >= 4 is 0 Å². The predicted molar refractivity (Wildman–Crippen MR) is 79.6 cm³/mol. The quantitative estimate of drug-likeness (QED) is 0.886. The van der Waals surface area contributed by atoms with E-state index in [0.29, 0.717) is 6.54 Å². The second kappa shape index (κ2) is 6.40. The highest BCUT2D eigenvalue weighted by Gasteiger charge is 2.31. The van der Waals surface area contributed by atoms with Crippen LogP contribution in [0.15, 0.2) is 24.3 Å². The van der Waals surface area contributed by atoms with E-state index < -0.39 is 0 Å². The van der Waals surface area contributed by atoms with E-state index in [0.717, 1.165) is 12.2 Å². The molecule has 106 valence electrons. The third-order valence-corrected chi connectivity index (χ3v) is 4.30. The molecule has 2 rings (SSSR count). The summed E-state index contributed by atoms with van der Waals surface area (Å²) >= 11 is 0. The fourth-order valence-corrected chi connectivity index (χ4v) is 2.93. The van der Waals surface area contributed by atoms with Gasteiger partial charge in [0, 0.05) is 12.1 Å². The summed E-state index contributed by atoms with van der Waals surface area (Å²) in [6.45, 7) is 5.37. The number of ether oxygens (including phenoxy) is 1. The maximum absolute atomic E-state index is 6.08. The van der Waals surface area contributed by atoms with Crippen LogP contribution in [0.4, 0.5) is 0 Å². The molecule has 1 aliphatic heterocycles. The molecule has 1 atom stereocenters. The van der Waals surface area contributed by atoms with Crippen LogP contribution < -0.4 is 10.5 Å². The Hall–Kier alpha value is -1.06. The highest BCUT2D eigenvalue weighted by atomic mass is 16.5. The number of benzene rings is 1. The molecule has 1 heterocycles. The van der Waals surface area contributed by atoms with E-state index in [1.165, 1.54) is 37.9 Å². The average Bonchev–Trinajstić information content (AvgIpc) is 2.49. The van der Waals surface area contributed by atoms with Crippen molar-refractivity contribution in [1.29, 1.82) is 0 Å². The van der Waals surface area contributed by atoms with Gasteiger partial charge in [0.05, 0.1) is 7.11 Å². The summed E-state index contributed by atoms with van der Waals surface area (Å²) in [6.07, 6.45) is 4.98. The maximum Gasteiger partial charge on any atom is 0.118 e. The van der Waals surface area contributed by atoms with Gasteiger partial charge in [-0.1, -0.05) is 18.6 Å². The van der Waals surface area contributed by atoms with Crippen molar-refractivity contribution in [2.45, 2.75) is 38.1 Å². The molecule has 1 fully saturated rings. The number of nitrogens with two attached hydrogens (primary N) is 1. The van der Waals surface area contributed by atoms with Gasteiger partial charge in [0.1, 0.15) is 5.75 Å². The zero-order valence-corrected chi connectivity index (χ0v) is 12.2. The topological polar surface area (TPSA) is 38.5 Å². The van der Waals surface area contributed by atoms with E-state index in [1.54, 1.807) is 7.11 Å². The van der Waals surface area contributed by atoms with Crippen LogP contribution in [0.5, 0.6) is 5.75 Å². The Morgan fingerprint density at radius 1 is 1.16 bits per heavy atom. The van der Waals surface area contributed by atoms with Crippen molar-refractivity contribution in [3.63, 3.8) is 0 Å². The first-order valence-corrected chi connectivity index (χ1v) is 7.26. The predicted octanol–water partition coefficient (Wildman–Crippen LogP) is 2.44. The molecule has 0 saturated carbocycles. The molecular weight excluding hydrogens is 236 g/mol. The van der Waals surface area contributed by atoms with Crippen molar-refractivity contribution in [2.24, 2.45) is 5.73 Å². The summed E-state index contributed by atoms with van der Waals surface area (Å²) in [6, 6.07) is 8.36. The molecule has 1 aromatic carbocycles. The van der Waals surface area contributed by atoms with E-state index in [1.807, 2.05) is 12.1 Å². The van der Waals surface area contributed by atoms with Crippen LogP contribution in [0.1, 0.15) is 31.7 Å². The molecular formula is C16H26N2O. The number of piperidine rings is 1. The molecule has 0 bridgehead atoms. The lowest BCUT2D eigenvalue weighted by Gasteiger charge is -2.43. The SMILES string of the molecule is COc1ccc(CC(C)(CN)N2CCCCC2)cc1. The minimum absolute atomic E-state index is 0.0784. The van der Waals surface area contributed by atoms with Gasteiger partial charge >= 0.3 is 0 Å². The molecule has 3 nitrogen and oxygen atoms in total. The fourth-order valence-electron chi connectivity index (χ4n) is 2.93. The number of hydrogen-bond donors (Lipinski definition) is 1. The highest BCUT2D eigenvalue weighted by Crippen LogP contribution is 2.25. The molecule has 0 spiro atoms. The monoisotopic (exact) mass is 262 g/mol. The lowest BCUT2D eigenvalue weighted by molar-refractivity contribution is 0.0870. The second-order valence-electron chi connectivity index (χ2n) is 5.77. The van der Waals surface area contributed by atoms with Gasteiger partial charge in [-0.2, -0.15) is 0 Å². The van der Waals surface area contributed by atoms with Crippen LogP contribution in [-0.2, 0) is 6.42 Å². The van der Waals surface area contributed by atoms with Gasteiger partial charge < -0.3 is 10.5 Å². The van der Waals surface area contributed by atoms with Crippen LogP contribution in [0, 0.1) is 0 Å². The van der Waals surface area contributed by atoms with Crippen LogP contribution >= 0.6 is 0 Å². The summed E-state index contributed by atoms with van der Waals surface area (Å²) < 4.78 is 5.21. The number of likely N-dealkylation sites (tertiary alicyclic amines) is 1. The molecule has 1 saturated heterocycles. The number of methoxy groups -OCH3 is 1. The second-order valence-corrected chi connectivity index (χ2v) is 5.77. The standard InChI is InChI=1S/C16H26N2O/c1-16(13-17,18-10-4-3-5-11-18)12-14-6-8-15(19-2)9-7-14/h6-9H,3-5,10-13,17H2,1-2H3. The van der Waals surface area contributed by atoms with E-state index in [2.05, 4.69) is 24.0 Å². The van der Waals surface area contributed by atoms with Crippen LogP contribution in [-0.4, -0.2) is 37.2 Å². The maximum atomic E-state index is 6.08. The van der Waals surface area contributed by atoms with Crippen molar-refractivity contribution in [1.82, 2.24) is 4.90 Å². The Kier molecular flexibility index (Phi) is 4.83. The largest absolute Gasteiger partial charge is 0.497 e. The molecule has 0 aromatic heterocycles.